The summed E-state index contributed by atoms with van der Waals surface area (Å²) in [5, 5.41) is 11.4. The molecule has 0 spiro atoms. The third kappa shape index (κ3) is 4.32. The van der Waals surface area contributed by atoms with E-state index < -0.39 is 6.04 Å². The van der Waals surface area contributed by atoms with Gasteiger partial charge in [0.25, 0.3) is 5.91 Å². The van der Waals surface area contributed by atoms with Crippen molar-refractivity contribution in [3.05, 3.63) is 82.1 Å². The lowest BCUT2D eigenvalue weighted by atomic mass is 9.73. The van der Waals surface area contributed by atoms with E-state index in [0.29, 0.717) is 47.1 Å². The van der Waals surface area contributed by atoms with Crippen LogP contribution in [-0.4, -0.2) is 28.1 Å². The number of anilines is 2. The van der Waals surface area contributed by atoms with E-state index in [0.717, 1.165) is 17.0 Å². The van der Waals surface area contributed by atoms with Crippen molar-refractivity contribution in [3.63, 3.8) is 0 Å². The number of nitrogens with zero attached hydrogens (tertiary/aromatic N) is 2. The number of ketones is 1. The number of carbonyl (C=O) groups excluding carboxylic acids is 2. The fraction of sp³-hybridized carbons (Fsp3) is 0.296. The number of nitrogens with one attached hydrogen (secondary N) is 2. The highest BCUT2D eigenvalue weighted by atomic mass is 35.5. The van der Waals surface area contributed by atoms with Crippen molar-refractivity contribution in [2.24, 2.45) is 5.41 Å². The van der Waals surface area contributed by atoms with E-state index in [1.807, 2.05) is 37.3 Å². The summed E-state index contributed by atoms with van der Waals surface area (Å²) >= 11 is 6.59. The first-order valence-corrected chi connectivity index (χ1v) is 12.0. The molecule has 3 aromatic rings. The molecule has 2 aromatic carbocycles. The molecule has 1 aromatic heterocycles. The van der Waals surface area contributed by atoms with Crippen LogP contribution in [0, 0.1) is 5.41 Å². The number of ether oxygens (including phenoxy) is 1. The molecule has 1 amide bonds. The van der Waals surface area contributed by atoms with E-state index >= 15 is 0 Å². The SMILES string of the molecule is CCOc1ccc(NC(=O)c2cnn3c2NC2=C(C(=O)CC(C)(C)C2)[C@H]3c2ccccc2Cl)cc1. The van der Waals surface area contributed by atoms with Gasteiger partial charge in [0.2, 0.25) is 0 Å². The van der Waals surface area contributed by atoms with Gasteiger partial charge in [-0.1, -0.05) is 43.6 Å². The standard InChI is InChI=1S/C27H27ClN4O3/c1-4-35-17-11-9-16(10-12-17)30-26(34)19-15-29-32-24(18-7-5-6-8-20(18)28)23-21(31-25(19)32)13-27(2,3)14-22(23)33/h5-12,15,24,31H,4,13-14H2,1-3H3,(H,30,34)/t24-/m1/s1. The Morgan fingerprint density at radius 2 is 1.94 bits per heavy atom. The van der Waals surface area contributed by atoms with Crippen molar-refractivity contribution in [2.75, 3.05) is 17.2 Å². The van der Waals surface area contributed by atoms with Crippen LogP contribution in [-0.2, 0) is 4.79 Å². The molecular weight excluding hydrogens is 464 g/mol. The fourth-order valence-corrected chi connectivity index (χ4v) is 5.10. The second-order valence-electron chi connectivity index (χ2n) is 9.65. The molecule has 1 atom stereocenters. The lowest BCUT2D eigenvalue weighted by molar-refractivity contribution is -0.118. The van der Waals surface area contributed by atoms with Crippen molar-refractivity contribution in [1.29, 1.82) is 0 Å². The lowest BCUT2D eigenvalue weighted by Gasteiger charge is -2.39. The zero-order valence-electron chi connectivity index (χ0n) is 19.9. The normalized spacial score (nSPS) is 18.4. The number of hydrogen-bond donors (Lipinski definition) is 2. The Hall–Kier alpha value is -3.58. The maximum absolute atomic E-state index is 13.3. The molecule has 0 unspecified atom stereocenters. The third-order valence-electron chi connectivity index (χ3n) is 6.37. The first-order chi connectivity index (χ1) is 16.8. The molecule has 8 heteroatoms. The first-order valence-electron chi connectivity index (χ1n) is 11.7. The lowest BCUT2D eigenvalue weighted by Crippen LogP contribution is -2.37. The van der Waals surface area contributed by atoms with Gasteiger partial charge in [0.05, 0.1) is 12.8 Å². The Bertz CT molecular complexity index is 1340. The Labute approximate surface area is 209 Å². The third-order valence-corrected chi connectivity index (χ3v) is 6.71. The van der Waals surface area contributed by atoms with E-state index in [2.05, 4.69) is 29.6 Å². The number of benzene rings is 2. The highest BCUT2D eigenvalue weighted by Gasteiger charge is 2.42. The number of hydrogen-bond acceptors (Lipinski definition) is 5. The number of Topliss-reactive ketones (excluding diaryl/α,β-unsaturated/α-hetero) is 1. The zero-order valence-corrected chi connectivity index (χ0v) is 20.6. The van der Waals surface area contributed by atoms with Gasteiger partial charge in [0.15, 0.2) is 5.78 Å². The summed E-state index contributed by atoms with van der Waals surface area (Å²) in [5.74, 6) is 1.05. The van der Waals surface area contributed by atoms with Gasteiger partial charge in [-0.15, -0.1) is 0 Å². The maximum atomic E-state index is 13.3. The van der Waals surface area contributed by atoms with E-state index in [9.17, 15) is 9.59 Å². The molecule has 1 aliphatic carbocycles. The van der Waals surface area contributed by atoms with E-state index in [1.54, 1.807) is 22.9 Å². The largest absolute Gasteiger partial charge is 0.494 e. The van der Waals surface area contributed by atoms with Crippen molar-refractivity contribution in [1.82, 2.24) is 9.78 Å². The Morgan fingerprint density at radius 1 is 1.20 bits per heavy atom. The molecule has 7 nitrogen and oxygen atoms in total. The van der Waals surface area contributed by atoms with Gasteiger partial charge in [-0.2, -0.15) is 5.10 Å². The summed E-state index contributed by atoms with van der Waals surface area (Å²) in [6, 6.07) is 14.2. The van der Waals surface area contributed by atoms with E-state index in [-0.39, 0.29) is 17.1 Å². The predicted octanol–water partition coefficient (Wildman–Crippen LogP) is 5.85. The summed E-state index contributed by atoms with van der Waals surface area (Å²) in [4.78, 5) is 26.6. The van der Waals surface area contributed by atoms with Gasteiger partial charge in [-0.3, -0.25) is 9.59 Å². The predicted molar refractivity (Wildman–Crippen MR) is 136 cm³/mol. The van der Waals surface area contributed by atoms with Crippen LogP contribution >= 0.6 is 11.6 Å². The number of halogens is 1. The summed E-state index contributed by atoms with van der Waals surface area (Å²) < 4.78 is 7.17. The summed E-state index contributed by atoms with van der Waals surface area (Å²) in [5.41, 5.74) is 3.09. The zero-order chi connectivity index (χ0) is 24.7. The van der Waals surface area contributed by atoms with Crippen molar-refractivity contribution in [2.45, 2.75) is 39.7 Å². The van der Waals surface area contributed by atoms with Gasteiger partial charge in [-0.05, 0) is 54.7 Å². The van der Waals surface area contributed by atoms with Crippen LogP contribution in [0.15, 0.2) is 66.0 Å². The number of allylic oxidation sites excluding steroid dienone is 2. The fourth-order valence-electron chi connectivity index (χ4n) is 4.86. The summed E-state index contributed by atoms with van der Waals surface area (Å²) in [7, 11) is 0. The molecule has 2 N–H and O–H groups in total. The Morgan fingerprint density at radius 3 is 2.66 bits per heavy atom. The number of aromatic nitrogens is 2. The van der Waals surface area contributed by atoms with Crippen molar-refractivity contribution in [3.8, 4) is 5.75 Å². The minimum atomic E-state index is -0.509. The minimum Gasteiger partial charge on any atom is -0.494 e. The minimum absolute atomic E-state index is 0.0650. The topological polar surface area (TPSA) is 85.2 Å². The second kappa shape index (κ2) is 8.89. The van der Waals surface area contributed by atoms with Crippen molar-refractivity contribution < 1.29 is 14.3 Å². The molecule has 0 saturated heterocycles. The number of rotatable bonds is 5. The molecule has 35 heavy (non-hydrogen) atoms. The smallest absolute Gasteiger partial charge is 0.261 e. The molecule has 180 valence electrons. The molecule has 1 aliphatic heterocycles. The molecule has 2 aliphatic rings. The number of amides is 1. The van der Waals surface area contributed by atoms with Crippen LogP contribution in [0.3, 0.4) is 0 Å². The molecule has 0 saturated carbocycles. The average Bonchev–Trinajstić information content (AvgIpc) is 3.22. The number of fused-ring (bicyclic) bond motifs is 1. The van der Waals surface area contributed by atoms with Gasteiger partial charge >= 0.3 is 0 Å². The quantitative estimate of drug-likeness (QED) is 0.469. The van der Waals surface area contributed by atoms with Gasteiger partial charge in [0, 0.05) is 28.4 Å². The summed E-state index contributed by atoms with van der Waals surface area (Å²) in [6.45, 7) is 6.64. The monoisotopic (exact) mass is 490 g/mol. The molecule has 0 bridgehead atoms. The van der Waals surface area contributed by atoms with Crippen LogP contribution in [0.5, 0.6) is 5.75 Å². The van der Waals surface area contributed by atoms with Gasteiger partial charge in [-0.25, -0.2) is 4.68 Å². The van der Waals surface area contributed by atoms with Gasteiger partial charge in [0.1, 0.15) is 23.2 Å². The van der Waals surface area contributed by atoms with Crippen molar-refractivity contribution >= 4 is 34.8 Å². The van der Waals surface area contributed by atoms with Crippen LogP contribution in [0.1, 0.15) is 55.6 Å². The van der Waals surface area contributed by atoms with E-state index in [1.165, 1.54) is 6.20 Å². The Kier molecular flexibility index (Phi) is 5.89. The van der Waals surface area contributed by atoms with Crippen LogP contribution in [0.25, 0.3) is 0 Å². The highest BCUT2D eigenvalue weighted by molar-refractivity contribution is 6.31. The second-order valence-corrected chi connectivity index (χ2v) is 10.1. The van der Waals surface area contributed by atoms with Crippen LogP contribution in [0.4, 0.5) is 11.5 Å². The van der Waals surface area contributed by atoms with Gasteiger partial charge < -0.3 is 15.4 Å². The van der Waals surface area contributed by atoms with Crippen LogP contribution in [0.2, 0.25) is 5.02 Å². The summed E-state index contributed by atoms with van der Waals surface area (Å²) in [6.07, 6.45) is 2.65. The number of carbonyl (C=O) groups is 2. The Balaban J connectivity index is 1.54. The average molecular weight is 491 g/mol. The first kappa shape index (κ1) is 23.2. The molecule has 0 radical (unpaired) electrons. The maximum Gasteiger partial charge on any atom is 0.261 e. The van der Waals surface area contributed by atoms with E-state index in [4.69, 9.17) is 16.3 Å². The molecule has 5 rings (SSSR count). The molecular formula is C27H27ClN4O3. The molecule has 0 fully saturated rings. The highest BCUT2D eigenvalue weighted by Crippen LogP contribution is 2.47. The molecule has 2 heterocycles. The van der Waals surface area contributed by atoms with Crippen LogP contribution < -0.4 is 15.4 Å².